The molecule has 1 aromatic carbocycles. The van der Waals surface area contributed by atoms with Crippen molar-refractivity contribution in [2.75, 3.05) is 6.61 Å². The molecule has 0 saturated heterocycles. The molecule has 0 N–H and O–H groups in total. The molecule has 0 bridgehead atoms. The normalized spacial score (nSPS) is 9.76. The first-order valence-electron chi connectivity index (χ1n) is 5.74. The number of carbonyl (C=O) groups is 1. The number of hydrogen-bond donors (Lipinski definition) is 0. The molecular formula is C14H18O3. The lowest BCUT2D eigenvalue weighted by Crippen LogP contribution is -2.12. The quantitative estimate of drug-likeness (QED) is 0.438. The summed E-state index contributed by atoms with van der Waals surface area (Å²) in [7, 11) is 0. The third-order valence-corrected chi connectivity index (χ3v) is 2.26. The minimum Gasteiger partial charge on any atom is -0.434 e. The van der Waals surface area contributed by atoms with Crippen molar-refractivity contribution in [3.8, 4) is 5.75 Å². The molecule has 17 heavy (non-hydrogen) atoms. The SMILES string of the molecule is C=C(C)c1ccccc1OC(=O)OCCCC. The van der Waals surface area contributed by atoms with Gasteiger partial charge in [-0.1, -0.05) is 38.1 Å². The van der Waals surface area contributed by atoms with Crippen molar-refractivity contribution in [2.24, 2.45) is 0 Å². The Morgan fingerprint density at radius 1 is 1.35 bits per heavy atom. The van der Waals surface area contributed by atoms with Crippen molar-refractivity contribution in [1.29, 1.82) is 0 Å². The Kier molecular flexibility index (Phi) is 5.27. The van der Waals surface area contributed by atoms with Gasteiger partial charge in [-0.05, 0) is 25.0 Å². The minimum atomic E-state index is -0.660. The van der Waals surface area contributed by atoms with Crippen LogP contribution >= 0.6 is 0 Å². The van der Waals surface area contributed by atoms with Crippen LogP contribution in [0.5, 0.6) is 5.75 Å². The Balaban J connectivity index is 2.61. The first-order valence-corrected chi connectivity index (χ1v) is 5.74. The van der Waals surface area contributed by atoms with Crippen LogP contribution in [0.15, 0.2) is 30.8 Å². The van der Waals surface area contributed by atoms with E-state index in [4.69, 9.17) is 9.47 Å². The van der Waals surface area contributed by atoms with Crippen molar-refractivity contribution in [3.05, 3.63) is 36.4 Å². The number of carbonyl (C=O) groups excluding carboxylic acids is 1. The van der Waals surface area contributed by atoms with Crippen LogP contribution in [0.4, 0.5) is 4.79 Å². The maximum absolute atomic E-state index is 11.4. The van der Waals surface area contributed by atoms with Gasteiger partial charge in [0.1, 0.15) is 5.75 Å². The van der Waals surface area contributed by atoms with E-state index in [1.54, 1.807) is 12.1 Å². The van der Waals surface area contributed by atoms with E-state index >= 15 is 0 Å². The van der Waals surface area contributed by atoms with E-state index < -0.39 is 6.16 Å². The molecule has 0 spiro atoms. The van der Waals surface area contributed by atoms with Gasteiger partial charge < -0.3 is 9.47 Å². The highest BCUT2D eigenvalue weighted by Gasteiger charge is 2.09. The lowest BCUT2D eigenvalue weighted by Gasteiger charge is -2.09. The van der Waals surface area contributed by atoms with Gasteiger partial charge in [0.25, 0.3) is 0 Å². The molecule has 3 heteroatoms. The fraction of sp³-hybridized carbons (Fsp3) is 0.357. The molecule has 0 heterocycles. The number of hydrogen-bond acceptors (Lipinski definition) is 3. The number of allylic oxidation sites excluding steroid dienone is 1. The molecule has 1 aromatic rings. The number of para-hydroxylation sites is 1. The molecule has 92 valence electrons. The smallest absolute Gasteiger partial charge is 0.434 e. The van der Waals surface area contributed by atoms with Gasteiger partial charge in [0.15, 0.2) is 0 Å². The largest absolute Gasteiger partial charge is 0.513 e. The van der Waals surface area contributed by atoms with E-state index in [9.17, 15) is 4.79 Å². The topological polar surface area (TPSA) is 35.5 Å². The van der Waals surface area contributed by atoms with Gasteiger partial charge in [-0.15, -0.1) is 0 Å². The monoisotopic (exact) mass is 234 g/mol. The molecule has 0 aliphatic rings. The fourth-order valence-corrected chi connectivity index (χ4v) is 1.33. The zero-order chi connectivity index (χ0) is 12.7. The lowest BCUT2D eigenvalue weighted by molar-refractivity contribution is 0.0977. The van der Waals surface area contributed by atoms with Crippen LogP contribution in [0, 0.1) is 0 Å². The molecule has 0 aliphatic carbocycles. The van der Waals surface area contributed by atoms with Crippen molar-refractivity contribution in [1.82, 2.24) is 0 Å². The summed E-state index contributed by atoms with van der Waals surface area (Å²) in [6, 6.07) is 7.27. The third-order valence-electron chi connectivity index (χ3n) is 2.26. The molecule has 3 nitrogen and oxygen atoms in total. The highest BCUT2D eigenvalue weighted by molar-refractivity contribution is 5.71. The number of benzene rings is 1. The summed E-state index contributed by atoms with van der Waals surface area (Å²) in [4.78, 5) is 11.4. The van der Waals surface area contributed by atoms with Crippen LogP contribution in [-0.4, -0.2) is 12.8 Å². The average Bonchev–Trinajstić information content (AvgIpc) is 2.29. The number of ether oxygens (including phenoxy) is 2. The van der Waals surface area contributed by atoms with Gasteiger partial charge >= 0.3 is 6.16 Å². The molecule has 0 unspecified atom stereocenters. The number of rotatable bonds is 5. The Morgan fingerprint density at radius 3 is 2.71 bits per heavy atom. The Hall–Kier alpha value is -1.77. The van der Waals surface area contributed by atoms with Gasteiger partial charge in [0.2, 0.25) is 0 Å². The highest BCUT2D eigenvalue weighted by Crippen LogP contribution is 2.24. The summed E-state index contributed by atoms with van der Waals surface area (Å²) in [6.45, 7) is 8.13. The molecule has 0 aromatic heterocycles. The summed E-state index contributed by atoms with van der Waals surface area (Å²) in [5.41, 5.74) is 1.67. The van der Waals surface area contributed by atoms with E-state index in [0.29, 0.717) is 12.4 Å². The Labute approximate surface area is 102 Å². The van der Waals surface area contributed by atoms with Crippen LogP contribution in [0.1, 0.15) is 32.3 Å². The van der Waals surface area contributed by atoms with Gasteiger partial charge in [-0.2, -0.15) is 0 Å². The molecule has 0 amide bonds. The summed E-state index contributed by atoms with van der Waals surface area (Å²) >= 11 is 0. The summed E-state index contributed by atoms with van der Waals surface area (Å²) in [6.07, 6.45) is 1.17. The predicted octanol–water partition coefficient (Wildman–Crippen LogP) is 4.04. The Bertz CT molecular complexity index is 396. The van der Waals surface area contributed by atoms with Crippen molar-refractivity contribution in [2.45, 2.75) is 26.7 Å². The van der Waals surface area contributed by atoms with Crippen LogP contribution in [0.3, 0.4) is 0 Å². The van der Waals surface area contributed by atoms with Crippen LogP contribution in [0.2, 0.25) is 0 Å². The van der Waals surface area contributed by atoms with Crippen LogP contribution in [0.25, 0.3) is 5.57 Å². The van der Waals surface area contributed by atoms with E-state index in [0.717, 1.165) is 24.0 Å². The molecule has 1 rings (SSSR count). The van der Waals surface area contributed by atoms with Crippen molar-refractivity contribution < 1.29 is 14.3 Å². The second-order valence-corrected chi connectivity index (χ2v) is 3.83. The maximum Gasteiger partial charge on any atom is 0.513 e. The molecular weight excluding hydrogens is 216 g/mol. The van der Waals surface area contributed by atoms with Gasteiger partial charge in [0, 0.05) is 5.56 Å². The van der Waals surface area contributed by atoms with Crippen molar-refractivity contribution >= 4 is 11.7 Å². The molecule has 0 atom stereocenters. The first kappa shape index (κ1) is 13.3. The summed E-state index contributed by atoms with van der Waals surface area (Å²) in [5, 5.41) is 0. The molecule has 0 saturated carbocycles. The van der Waals surface area contributed by atoms with Crippen LogP contribution in [-0.2, 0) is 4.74 Å². The Morgan fingerprint density at radius 2 is 2.06 bits per heavy atom. The lowest BCUT2D eigenvalue weighted by atomic mass is 10.1. The minimum absolute atomic E-state index is 0.393. The highest BCUT2D eigenvalue weighted by atomic mass is 16.7. The maximum atomic E-state index is 11.4. The standard InChI is InChI=1S/C14H18O3/c1-4-5-10-16-14(15)17-13-9-7-6-8-12(13)11(2)3/h6-9H,2,4-5,10H2,1,3H3. The molecule has 0 fully saturated rings. The first-order chi connectivity index (χ1) is 8.15. The van der Waals surface area contributed by atoms with Gasteiger partial charge in [-0.3, -0.25) is 0 Å². The van der Waals surface area contributed by atoms with Gasteiger partial charge in [0.05, 0.1) is 6.61 Å². The van der Waals surface area contributed by atoms with E-state index in [-0.39, 0.29) is 0 Å². The zero-order valence-corrected chi connectivity index (χ0v) is 10.4. The summed E-state index contributed by atoms with van der Waals surface area (Å²) < 4.78 is 10.1. The zero-order valence-electron chi connectivity index (χ0n) is 10.4. The average molecular weight is 234 g/mol. The van der Waals surface area contributed by atoms with Gasteiger partial charge in [-0.25, -0.2) is 4.79 Å². The second-order valence-electron chi connectivity index (χ2n) is 3.83. The van der Waals surface area contributed by atoms with E-state index in [1.165, 1.54) is 0 Å². The van der Waals surface area contributed by atoms with Crippen LogP contribution < -0.4 is 4.74 Å². The predicted molar refractivity (Wildman–Crippen MR) is 68.0 cm³/mol. The second kappa shape index (κ2) is 6.74. The summed E-state index contributed by atoms with van der Waals surface area (Å²) in [5.74, 6) is 0.487. The number of unbranched alkanes of at least 4 members (excludes halogenated alkanes) is 1. The van der Waals surface area contributed by atoms with Crippen molar-refractivity contribution in [3.63, 3.8) is 0 Å². The molecule has 0 aliphatic heterocycles. The third kappa shape index (κ3) is 4.31. The van der Waals surface area contributed by atoms with E-state index in [1.807, 2.05) is 26.0 Å². The van der Waals surface area contributed by atoms with E-state index in [2.05, 4.69) is 6.58 Å². The fourth-order valence-electron chi connectivity index (χ4n) is 1.33. The molecule has 0 radical (unpaired) electrons.